The van der Waals surface area contributed by atoms with Crippen LogP contribution in [-0.4, -0.2) is 16.9 Å². The van der Waals surface area contributed by atoms with Crippen LogP contribution in [0.15, 0.2) is 41.2 Å². The molecule has 27 heavy (non-hydrogen) atoms. The Morgan fingerprint density at radius 1 is 1.11 bits per heavy atom. The van der Waals surface area contributed by atoms with Crippen LogP contribution in [0.25, 0.3) is 5.57 Å². The molecular formula is C21H22Cl2N2O2. The summed E-state index contributed by atoms with van der Waals surface area (Å²) in [6.07, 6.45) is 3.18. The highest BCUT2D eigenvalue weighted by Crippen LogP contribution is 2.33. The van der Waals surface area contributed by atoms with Gasteiger partial charge in [0.1, 0.15) is 5.02 Å². The lowest BCUT2D eigenvalue weighted by molar-refractivity contribution is -0.119. The van der Waals surface area contributed by atoms with E-state index in [-0.39, 0.29) is 27.9 Å². The molecule has 1 atom stereocenters. The SMILES string of the molecule is CC(C)(C)c1ccc(/C(=C/[C@H]2CCC(=O)N2)c2ccc(Cl)c(=O)[nH]2)cc1Cl. The Bertz CT molecular complexity index is 971. The van der Waals surface area contributed by atoms with E-state index in [4.69, 9.17) is 23.2 Å². The molecule has 2 heterocycles. The molecule has 1 amide bonds. The fourth-order valence-electron chi connectivity index (χ4n) is 3.21. The van der Waals surface area contributed by atoms with Gasteiger partial charge in [0.05, 0.1) is 0 Å². The molecule has 1 fully saturated rings. The Morgan fingerprint density at radius 2 is 1.85 bits per heavy atom. The zero-order chi connectivity index (χ0) is 19.8. The highest BCUT2D eigenvalue weighted by molar-refractivity contribution is 6.31. The summed E-state index contributed by atoms with van der Waals surface area (Å²) >= 11 is 12.4. The summed E-state index contributed by atoms with van der Waals surface area (Å²) in [6, 6.07) is 9.14. The first-order valence-corrected chi connectivity index (χ1v) is 9.61. The summed E-state index contributed by atoms with van der Waals surface area (Å²) in [5.74, 6) is 0.0290. The molecule has 0 spiro atoms. The van der Waals surface area contributed by atoms with Crippen molar-refractivity contribution in [3.05, 3.63) is 73.6 Å². The molecule has 2 N–H and O–H groups in total. The van der Waals surface area contributed by atoms with E-state index < -0.39 is 0 Å². The van der Waals surface area contributed by atoms with Gasteiger partial charge in [-0.15, -0.1) is 0 Å². The molecule has 2 aromatic rings. The van der Waals surface area contributed by atoms with Gasteiger partial charge in [0.25, 0.3) is 5.56 Å². The second-order valence-electron chi connectivity index (χ2n) is 7.79. The van der Waals surface area contributed by atoms with Crippen molar-refractivity contribution in [3.8, 4) is 0 Å². The van der Waals surface area contributed by atoms with Gasteiger partial charge in [-0.05, 0) is 41.2 Å². The zero-order valence-corrected chi connectivity index (χ0v) is 17.0. The number of rotatable bonds is 3. The van der Waals surface area contributed by atoms with Crippen LogP contribution in [0.5, 0.6) is 0 Å². The van der Waals surface area contributed by atoms with Gasteiger partial charge in [-0.1, -0.05) is 62.2 Å². The molecule has 1 aromatic heterocycles. The molecule has 1 aliphatic rings. The number of H-pyrrole nitrogens is 1. The molecule has 0 bridgehead atoms. The molecule has 4 nitrogen and oxygen atoms in total. The number of amides is 1. The summed E-state index contributed by atoms with van der Waals surface area (Å²) in [7, 11) is 0. The Hall–Kier alpha value is -2.04. The number of hydrogen-bond donors (Lipinski definition) is 2. The lowest BCUT2D eigenvalue weighted by Crippen LogP contribution is -2.23. The third kappa shape index (κ3) is 4.45. The van der Waals surface area contributed by atoms with E-state index in [9.17, 15) is 9.59 Å². The second-order valence-corrected chi connectivity index (χ2v) is 8.60. The number of hydrogen-bond acceptors (Lipinski definition) is 2. The van der Waals surface area contributed by atoms with E-state index in [0.717, 1.165) is 16.7 Å². The van der Waals surface area contributed by atoms with Crippen LogP contribution in [0.2, 0.25) is 10.0 Å². The number of carbonyl (C=O) groups is 1. The molecule has 142 valence electrons. The molecule has 1 saturated heterocycles. The van der Waals surface area contributed by atoms with Crippen LogP contribution in [0.1, 0.15) is 50.4 Å². The van der Waals surface area contributed by atoms with Crippen molar-refractivity contribution in [2.45, 2.75) is 45.1 Å². The van der Waals surface area contributed by atoms with Gasteiger partial charge in [-0.3, -0.25) is 9.59 Å². The zero-order valence-electron chi connectivity index (χ0n) is 15.5. The highest BCUT2D eigenvalue weighted by Gasteiger charge is 2.22. The summed E-state index contributed by atoms with van der Waals surface area (Å²) in [6.45, 7) is 6.32. The smallest absolute Gasteiger partial charge is 0.267 e. The normalized spacial score (nSPS) is 17.9. The number of benzene rings is 1. The monoisotopic (exact) mass is 404 g/mol. The number of carbonyl (C=O) groups excluding carboxylic acids is 1. The molecule has 1 aliphatic heterocycles. The molecule has 0 radical (unpaired) electrons. The predicted octanol–water partition coefficient (Wildman–Crippen LogP) is 4.69. The van der Waals surface area contributed by atoms with Crippen molar-refractivity contribution < 1.29 is 4.79 Å². The Labute approximate surface area is 168 Å². The number of aromatic nitrogens is 1. The van der Waals surface area contributed by atoms with Crippen LogP contribution >= 0.6 is 23.2 Å². The van der Waals surface area contributed by atoms with Crippen molar-refractivity contribution in [2.24, 2.45) is 0 Å². The van der Waals surface area contributed by atoms with Crippen molar-refractivity contribution in [1.82, 2.24) is 10.3 Å². The first-order valence-electron chi connectivity index (χ1n) is 8.86. The van der Waals surface area contributed by atoms with Crippen LogP contribution < -0.4 is 10.9 Å². The Balaban J connectivity index is 2.11. The second kappa shape index (κ2) is 7.53. The minimum atomic E-state index is -0.354. The van der Waals surface area contributed by atoms with Crippen LogP contribution in [-0.2, 0) is 10.2 Å². The van der Waals surface area contributed by atoms with Crippen LogP contribution in [0.4, 0.5) is 0 Å². The van der Waals surface area contributed by atoms with Gasteiger partial charge >= 0.3 is 0 Å². The first kappa shape index (κ1) is 19.7. The molecule has 3 rings (SSSR count). The van der Waals surface area contributed by atoms with E-state index in [2.05, 4.69) is 31.1 Å². The van der Waals surface area contributed by atoms with E-state index in [1.807, 2.05) is 24.3 Å². The third-order valence-electron chi connectivity index (χ3n) is 4.64. The fourth-order valence-corrected chi connectivity index (χ4v) is 3.78. The highest BCUT2D eigenvalue weighted by atomic mass is 35.5. The van der Waals surface area contributed by atoms with Gasteiger partial charge in [-0.25, -0.2) is 0 Å². The number of aromatic amines is 1. The summed E-state index contributed by atoms with van der Waals surface area (Å²) in [4.78, 5) is 26.4. The van der Waals surface area contributed by atoms with Gasteiger partial charge in [0.15, 0.2) is 0 Å². The van der Waals surface area contributed by atoms with Crippen LogP contribution in [0, 0.1) is 0 Å². The Kier molecular flexibility index (Phi) is 5.50. The quantitative estimate of drug-likeness (QED) is 0.778. The topological polar surface area (TPSA) is 62.0 Å². The van der Waals surface area contributed by atoms with E-state index in [1.54, 1.807) is 12.1 Å². The molecule has 0 unspecified atom stereocenters. The molecule has 0 saturated carbocycles. The summed E-state index contributed by atoms with van der Waals surface area (Å²) in [5.41, 5.74) is 2.92. The van der Waals surface area contributed by atoms with Crippen molar-refractivity contribution in [1.29, 1.82) is 0 Å². The number of pyridine rings is 1. The largest absolute Gasteiger partial charge is 0.350 e. The minimum absolute atomic E-state index is 0.0290. The minimum Gasteiger partial charge on any atom is -0.350 e. The summed E-state index contributed by atoms with van der Waals surface area (Å²) in [5, 5.41) is 3.73. The van der Waals surface area contributed by atoms with Crippen molar-refractivity contribution in [2.75, 3.05) is 0 Å². The van der Waals surface area contributed by atoms with Gasteiger partial charge in [0.2, 0.25) is 5.91 Å². The van der Waals surface area contributed by atoms with E-state index in [0.29, 0.717) is 23.6 Å². The first-order chi connectivity index (χ1) is 12.6. The fraction of sp³-hybridized carbons (Fsp3) is 0.333. The maximum atomic E-state index is 12.0. The standard InChI is InChI=1S/C21H22Cl2N2O2/c1-21(2,3)15-6-4-12(10-17(15)23)14(11-13-5-9-19(26)24-13)18-8-7-16(22)20(27)25-18/h4,6-8,10-11,13H,5,9H2,1-3H3,(H,24,26)(H,25,27)/b14-11-/t13-/m1/s1. The molecule has 6 heteroatoms. The van der Waals surface area contributed by atoms with Gasteiger partial charge < -0.3 is 10.3 Å². The maximum absolute atomic E-state index is 12.0. The third-order valence-corrected chi connectivity index (χ3v) is 5.25. The van der Waals surface area contributed by atoms with Gasteiger partial charge in [-0.2, -0.15) is 0 Å². The molecular weight excluding hydrogens is 383 g/mol. The molecule has 1 aromatic carbocycles. The Morgan fingerprint density at radius 3 is 2.41 bits per heavy atom. The van der Waals surface area contributed by atoms with Crippen LogP contribution in [0.3, 0.4) is 0 Å². The number of halogens is 2. The molecule has 0 aliphatic carbocycles. The van der Waals surface area contributed by atoms with Crippen molar-refractivity contribution >= 4 is 34.7 Å². The van der Waals surface area contributed by atoms with Gasteiger partial charge in [0, 0.05) is 28.8 Å². The predicted molar refractivity (Wildman–Crippen MR) is 110 cm³/mol. The van der Waals surface area contributed by atoms with E-state index in [1.165, 1.54) is 0 Å². The van der Waals surface area contributed by atoms with Crippen molar-refractivity contribution in [3.63, 3.8) is 0 Å². The summed E-state index contributed by atoms with van der Waals surface area (Å²) < 4.78 is 0. The maximum Gasteiger partial charge on any atom is 0.267 e. The average Bonchev–Trinajstić information content (AvgIpc) is 2.99. The number of nitrogens with one attached hydrogen (secondary N) is 2. The lowest BCUT2D eigenvalue weighted by Gasteiger charge is -2.22. The average molecular weight is 405 g/mol. The van der Waals surface area contributed by atoms with E-state index >= 15 is 0 Å². The lowest BCUT2D eigenvalue weighted by atomic mass is 9.85.